The lowest BCUT2D eigenvalue weighted by Gasteiger charge is -2.33. The number of nitrogens with one attached hydrogen (secondary N) is 1. The van der Waals surface area contributed by atoms with Crippen LogP contribution in [-0.2, 0) is 0 Å². The molecule has 1 fully saturated rings. The average Bonchev–Trinajstić information content (AvgIpc) is 2.46. The van der Waals surface area contributed by atoms with Crippen molar-refractivity contribution < 1.29 is 0 Å². The van der Waals surface area contributed by atoms with Gasteiger partial charge in [0.2, 0.25) is 0 Å². The lowest BCUT2D eigenvalue weighted by Crippen LogP contribution is -2.48. The van der Waals surface area contributed by atoms with Crippen molar-refractivity contribution in [1.82, 2.24) is 15.2 Å². The zero-order valence-electron chi connectivity index (χ0n) is 11.5. The van der Waals surface area contributed by atoms with Crippen molar-refractivity contribution in [3.05, 3.63) is 24.4 Å². The summed E-state index contributed by atoms with van der Waals surface area (Å²) in [7, 11) is 2.12. The summed E-state index contributed by atoms with van der Waals surface area (Å²) < 4.78 is 0. The van der Waals surface area contributed by atoms with Crippen LogP contribution in [-0.4, -0.2) is 55.7 Å². The molecule has 1 aliphatic rings. The number of hydrogen-bond acceptors (Lipinski definition) is 4. The summed E-state index contributed by atoms with van der Waals surface area (Å²) in [6, 6.07) is 6.72. The summed E-state index contributed by atoms with van der Waals surface area (Å²) in [6.45, 7) is 7.99. The first kappa shape index (κ1) is 13.3. The lowest BCUT2D eigenvalue weighted by molar-refractivity contribution is 0.178. The maximum Gasteiger partial charge on any atom is 0.128 e. The fourth-order valence-electron chi connectivity index (χ4n) is 2.38. The Hall–Kier alpha value is -1.13. The van der Waals surface area contributed by atoms with Crippen molar-refractivity contribution in [2.75, 3.05) is 44.7 Å². The van der Waals surface area contributed by atoms with E-state index >= 15 is 0 Å². The predicted octanol–water partition coefficient (Wildman–Crippen LogP) is 1.20. The zero-order chi connectivity index (χ0) is 12.8. The van der Waals surface area contributed by atoms with Gasteiger partial charge in [-0.05, 0) is 25.5 Å². The third kappa shape index (κ3) is 3.68. The van der Waals surface area contributed by atoms with Crippen LogP contribution in [0.1, 0.15) is 13.3 Å². The molecule has 0 saturated carbocycles. The Morgan fingerprint density at radius 1 is 1.39 bits per heavy atom. The van der Waals surface area contributed by atoms with Gasteiger partial charge in [0.1, 0.15) is 5.82 Å². The quantitative estimate of drug-likeness (QED) is 0.848. The SMILES string of the molecule is CC(CCN(C)c1ccccn1)N1CCNCC1. The number of nitrogens with zero attached hydrogens (tertiary/aromatic N) is 3. The molecule has 1 saturated heterocycles. The van der Waals surface area contributed by atoms with Crippen molar-refractivity contribution in [2.45, 2.75) is 19.4 Å². The molecule has 0 aromatic carbocycles. The van der Waals surface area contributed by atoms with Gasteiger partial charge in [-0.15, -0.1) is 0 Å². The molecule has 100 valence electrons. The van der Waals surface area contributed by atoms with Gasteiger partial charge in [-0.25, -0.2) is 4.98 Å². The Kier molecular flexibility index (Phi) is 4.96. The minimum Gasteiger partial charge on any atom is -0.360 e. The van der Waals surface area contributed by atoms with Gasteiger partial charge in [0.05, 0.1) is 0 Å². The van der Waals surface area contributed by atoms with Crippen LogP contribution >= 0.6 is 0 Å². The Labute approximate surface area is 110 Å². The highest BCUT2D eigenvalue weighted by molar-refractivity contribution is 5.36. The monoisotopic (exact) mass is 248 g/mol. The van der Waals surface area contributed by atoms with Gasteiger partial charge in [-0.2, -0.15) is 0 Å². The van der Waals surface area contributed by atoms with Crippen LogP contribution < -0.4 is 10.2 Å². The second-order valence-corrected chi connectivity index (χ2v) is 5.03. The zero-order valence-corrected chi connectivity index (χ0v) is 11.5. The molecule has 1 aliphatic heterocycles. The highest BCUT2D eigenvalue weighted by Gasteiger charge is 2.16. The maximum atomic E-state index is 4.37. The molecule has 1 aromatic heterocycles. The molecule has 4 heteroatoms. The van der Waals surface area contributed by atoms with Crippen LogP contribution in [0.5, 0.6) is 0 Å². The molecule has 1 atom stereocenters. The molecular weight excluding hydrogens is 224 g/mol. The molecular formula is C14H24N4. The van der Waals surface area contributed by atoms with Gasteiger partial charge in [0, 0.05) is 52.0 Å². The Balaban J connectivity index is 1.76. The van der Waals surface area contributed by atoms with E-state index in [4.69, 9.17) is 0 Å². The second-order valence-electron chi connectivity index (χ2n) is 5.03. The normalized spacial score (nSPS) is 18.6. The summed E-state index contributed by atoms with van der Waals surface area (Å²) in [5.74, 6) is 1.06. The molecule has 0 spiro atoms. The topological polar surface area (TPSA) is 31.4 Å². The molecule has 0 radical (unpaired) electrons. The van der Waals surface area contributed by atoms with E-state index in [1.165, 1.54) is 19.5 Å². The molecule has 2 rings (SSSR count). The van der Waals surface area contributed by atoms with Crippen molar-refractivity contribution in [3.63, 3.8) is 0 Å². The van der Waals surface area contributed by atoms with Crippen LogP contribution in [0.4, 0.5) is 5.82 Å². The first-order valence-electron chi connectivity index (χ1n) is 6.84. The Morgan fingerprint density at radius 3 is 2.83 bits per heavy atom. The molecule has 4 nitrogen and oxygen atoms in total. The predicted molar refractivity (Wildman–Crippen MR) is 76.0 cm³/mol. The molecule has 18 heavy (non-hydrogen) atoms. The van der Waals surface area contributed by atoms with E-state index in [9.17, 15) is 0 Å². The highest BCUT2D eigenvalue weighted by atomic mass is 15.2. The van der Waals surface area contributed by atoms with Gasteiger partial charge >= 0.3 is 0 Å². The summed E-state index contributed by atoms with van der Waals surface area (Å²) in [5.41, 5.74) is 0. The lowest BCUT2D eigenvalue weighted by atomic mass is 10.1. The summed E-state index contributed by atoms with van der Waals surface area (Å²) >= 11 is 0. The van der Waals surface area contributed by atoms with E-state index in [0.29, 0.717) is 6.04 Å². The summed E-state index contributed by atoms with van der Waals surface area (Å²) in [6.07, 6.45) is 3.04. The van der Waals surface area contributed by atoms with E-state index in [1.807, 2.05) is 18.3 Å². The number of piperazine rings is 1. The van der Waals surface area contributed by atoms with Crippen molar-refractivity contribution in [1.29, 1.82) is 0 Å². The first-order chi connectivity index (χ1) is 8.77. The van der Waals surface area contributed by atoms with Crippen LogP contribution in [0.3, 0.4) is 0 Å². The summed E-state index contributed by atoms with van der Waals surface area (Å²) in [5, 5.41) is 3.40. The number of aromatic nitrogens is 1. The van der Waals surface area contributed by atoms with E-state index in [-0.39, 0.29) is 0 Å². The first-order valence-corrected chi connectivity index (χ1v) is 6.84. The van der Waals surface area contributed by atoms with E-state index in [0.717, 1.165) is 25.5 Å². The van der Waals surface area contributed by atoms with Crippen molar-refractivity contribution in [3.8, 4) is 0 Å². The average molecular weight is 248 g/mol. The second kappa shape index (κ2) is 6.71. The van der Waals surface area contributed by atoms with Gasteiger partial charge in [-0.3, -0.25) is 4.90 Å². The minimum absolute atomic E-state index is 0.651. The number of rotatable bonds is 5. The minimum atomic E-state index is 0.651. The van der Waals surface area contributed by atoms with E-state index in [1.54, 1.807) is 0 Å². The molecule has 0 amide bonds. The molecule has 1 aromatic rings. The van der Waals surface area contributed by atoms with Gasteiger partial charge in [0.25, 0.3) is 0 Å². The van der Waals surface area contributed by atoms with Gasteiger partial charge in [-0.1, -0.05) is 6.07 Å². The smallest absolute Gasteiger partial charge is 0.128 e. The van der Waals surface area contributed by atoms with E-state index in [2.05, 4.69) is 40.1 Å². The van der Waals surface area contributed by atoms with Gasteiger partial charge in [0.15, 0.2) is 0 Å². The fourth-order valence-corrected chi connectivity index (χ4v) is 2.38. The number of pyridine rings is 1. The largest absolute Gasteiger partial charge is 0.360 e. The van der Waals surface area contributed by atoms with Crippen molar-refractivity contribution >= 4 is 5.82 Å². The van der Waals surface area contributed by atoms with Crippen LogP contribution in [0, 0.1) is 0 Å². The van der Waals surface area contributed by atoms with Crippen LogP contribution in [0.2, 0.25) is 0 Å². The van der Waals surface area contributed by atoms with Crippen LogP contribution in [0.15, 0.2) is 24.4 Å². The number of hydrogen-bond donors (Lipinski definition) is 1. The third-order valence-corrected chi connectivity index (χ3v) is 3.70. The maximum absolute atomic E-state index is 4.37. The standard InChI is InChI=1S/C14H24N4/c1-13(18-11-8-15-9-12-18)6-10-17(2)14-5-3-4-7-16-14/h3-5,7,13,15H,6,8-12H2,1-2H3. The molecule has 2 heterocycles. The highest BCUT2D eigenvalue weighted by Crippen LogP contribution is 2.10. The fraction of sp³-hybridized carbons (Fsp3) is 0.643. The molecule has 1 N–H and O–H groups in total. The van der Waals surface area contributed by atoms with E-state index < -0.39 is 0 Å². The summed E-state index contributed by atoms with van der Waals surface area (Å²) in [4.78, 5) is 9.18. The van der Waals surface area contributed by atoms with Gasteiger partial charge < -0.3 is 10.2 Å². The molecule has 0 aliphatic carbocycles. The Bertz CT molecular complexity index is 335. The molecule has 0 bridgehead atoms. The number of anilines is 1. The van der Waals surface area contributed by atoms with Crippen molar-refractivity contribution in [2.24, 2.45) is 0 Å². The Morgan fingerprint density at radius 2 is 2.17 bits per heavy atom. The molecule has 1 unspecified atom stereocenters. The van der Waals surface area contributed by atoms with Crippen LogP contribution in [0.25, 0.3) is 0 Å². The third-order valence-electron chi connectivity index (χ3n) is 3.70.